The van der Waals surface area contributed by atoms with Gasteiger partial charge in [-0.15, -0.1) is 0 Å². The summed E-state index contributed by atoms with van der Waals surface area (Å²) in [6.45, 7) is 5.50. The van der Waals surface area contributed by atoms with Crippen molar-refractivity contribution in [2.75, 3.05) is 0 Å². The van der Waals surface area contributed by atoms with Crippen LogP contribution in [0.3, 0.4) is 0 Å². The first kappa shape index (κ1) is 15.8. The van der Waals surface area contributed by atoms with Crippen LogP contribution in [0.4, 0.5) is 0 Å². The van der Waals surface area contributed by atoms with Crippen LogP contribution in [0.25, 0.3) is 0 Å². The fourth-order valence-corrected chi connectivity index (χ4v) is 0. The molecule has 3 N–H and O–H groups in total. The van der Waals surface area contributed by atoms with Crippen molar-refractivity contribution in [2.45, 2.75) is 13.3 Å². The minimum atomic E-state index is -2.17. The molecule has 0 radical (unpaired) electrons. The van der Waals surface area contributed by atoms with Crippen molar-refractivity contribution in [1.29, 1.82) is 0 Å². The maximum Gasteiger partial charge on any atom is 1.00 e. The molecule has 0 aromatic heterocycles. The molecule has 0 rings (SSSR count). The summed E-state index contributed by atoms with van der Waals surface area (Å²) in [6.07, 6.45) is 1.00. The van der Waals surface area contributed by atoms with Crippen LogP contribution in [-0.4, -0.2) is 22.4 Å². The summed E-state index contributed by atoms with van der Waals surface area (Å²) in [5.41, 5.74) is 0. The predicted octanol–water partition coefficient (Wildman–Crippen LogP) is -3.82. The van der Waals surface area contributed by atoms with E-state index in [4.69, 9.17) is 15.1 Å². The first-order chi connectivity index (χ1) is 3.15. The van der Waals surface area contributed by atoms with Crippen LogP contribution >= 0.6 is 0 Å². The Morgan fingerprint density at radius 1 is 1.38 bits per heavy atom. The Labute approximate surface area is 62.1 Å². The summed E-state index contributed by atoms with van der Waals surface area (Å²) in [5.74, 6) is 0. The summed E-state index contributed by atoms with van der Waals surface area (Å²) < 4.78 is 0. The second kappa shape index (κ2) is 15.6. The Kier molecular flexibility index (Phi) is 30.9. The summed E-state index contributed by atoms with van der Waals surface area (Å²) in [6, 6.07) is 0. The zero-order valence-electron chi connectivity index (χ0n) is 5.33. The molecular formula is C3H10BLiO3. The minimum absolute atomic E-state index is 0. The number of hydrogen-bond donors (Lipinski definition) is 3. The van der Waals surface area contributed by atoms with Gasteiger partial charge in [-0.3, -0.25) is 0 Å². The van der Waals surface area contributed by atoms with Gasteiger partial charge in [0.1, 0.15) is 0 Å². The number of rotatable bonds is 0. The molecule has 0 aliphatic heterocycles. The molecule has 0 atom stereocenters. The first-order valence-corrected chi connectivity index (χ1v) is 1.98. The molecule has 0 aromatic rings. The molecule has 0 fully saturated rings. The van der Waals surface area contributed by atoms with Gasteiger partial charge in [-0.2, -0.15) is 6.42 Å². The monoisotopic (exact) mass is 112 g/mol. The van der Waals surface area contributed by atoms with Crippen LogP contribution in [0.2, 0.25) is 0 Å². The average molecular weight is 112 g/mol. The van der Waals surface area contributed by atoms with Crippen molar-refractivity contribution in [3.8, 4) is 0 Å². The minimum Gasteiger partial charge on any atom is -0.402 e. The molecule has 5 heteroatoms. The average Bonchev–Trinajstić information content (AvgIpc) is 1.33. The summed E-state index contributed by atoms with van der Waals surface area (Å²) >= 11 is 0. The second-order valence-corrected chi connectivity index (χ2v) is 0.846. The van der Waals surface area contributed by atoms with E-state index in [9.17, 15) is 0 Å². The Morgan fingerprint density at radius 3 is 1.38 bits per heavy atom. The third-order valence-corrected chi connectivity index (χ3v) is 0. The Morgan fingerprint density at radius 2 is 1.38 bits per heavy atom. The van der Waals surface area contributed by atoms with E-state index in [0.29, 0.717) is 0 Å². The molecule has 0 aliphatic rings. The van der Waals surface area contributed by atoms with Crippen LogP contribution in [-0.2, 0) is 0 Å². The SMILES string of the molecule is OB(O)O.[CH2-]CC.[Li+]. The Hall–Kier alpha value is 0.542. The van der Waals surface area contributed by atoms with Crippen LogP contribution in [0.5, 0.6) is 0 Å². The summed E-state index contributed by atoms with van der Waals surface area (Å²) in [7, 11) is -2.17. The third-order valence-electron chi connectivity index (χ3n) is 0. The smallest absolute Gasteiger partial charge is 0.402 e. The first-order valence-electron chi connectivity index (χ1n) is 1.98. The predicted molar refractivity (Wildman–Crippen MR) is 28.1 cm³/mol. The largest absolute Gasteiger partial charge is 1.00 e. The van der Waals surface area contributed by atoms with Gasteiger partial charge in [0.05, 0.1) is 0 Å². The quantitative estimate of drug-likeness (QED) is 0.222. The van der Waals surface area contributed by atoms with Gasteiger partial charge in [-0.1, -0.05) is 6.92 Å². The van der Waals surface area contributed by atoms with Gasteiger partial charge < -0.3 is 22.0 Å². The van der Waals surface area contributed by atoms with E-state index < -0.39 is 7.32 Å². The van der Waals surface area contributed by atoms with Gasteiger partial charge in [-0.25, -0.2) is 0 Å². The van der Waals surface area contributed by atoms with Gasteiger partial charge in [0, 0.05) is 0 Å². The van der Waals surface area contributed by atoms with Crippen molar-refractivity contribution in [3.05, 3.63) is 6.92 Å². The van der Waals surface area contributed by atoms with Crippen LogP contribution in [0.1, 0.15) is 13.3 Å². The maximum atomic E-state index is 7.17. The summed E-state index contributed by atoms with van der Waals surface area (Å²) in [5, 5.41) is 21.5. The standard InChI is InChI=1S/C3H7.BH3O3.Li/c1-3-2;2-1(3)4;/h1,3H2,2H3;2-4H;/q-1;;+1. The molecule has 0 heterocycles. The molecule has 8 heavy (non-hydrogen) atoms. The molecule has 0 aromatic carbocycles. The molecule has 0 aliphatic carbocycles. The van der Waals surface area contributed by atoms with Crippen molar-refractivity contribution < 1.29 is 33.9 Å². The normalized spacial score (nSPS) is 5.62. The molecule has 0 unspecified atom stereocenters. The summed E-state index contributed by atoms with van der Waals surface area (Å²) in [4.78, 5) is 0. The van der Waals surface area contributed by atoms with E-state index in [-0.39, 0.29) is 18.9 Å². The van der Waals surface area contributed by atoms with E-state index in [2.05, 4.69) is 6.92 Å². The van der Waals surface area contributed by atoms with Crippen LogP contribution in [0, 0.1) is 6.92 Å². The molecule has 0 saturated carbocycles. The van der Waals surface area contributed by atoms with Crippen molar-refractivity contribution in [1.82, 2.24) is 0 Å². The Balaban J connectivity index is -0.0000000575. The zero-order chi connectivity index (χ0) is 6.28. The van der Waals surface area contributed by atoms with Gasteiger partial charge in [-0.05, 0) is 0 Å². The molecule has 44 valence electrons. The van der Waals surface area contributed by atoms with Gasteiger partial charge in [0.25, 0.3) is 0 Å². The molecule has 0 amide bonds. The van der Waals surface area contributed by atoms with Crippen molar-refractivity contribution >= 4 is 7.32 Å². The van der Waals surface area contributed by atoms with Crippen molar-refractivity contribution in [2.24, 2.45) is 0 Å². The zero-order valence-corrected chi connectivity index (χ0v) is 5.33. The van der Waals surface area contributed by atoms with Crippen LogP contribution < -0.4 is 18.9 Å². The van der Waals surface area contributed by atoms with E-state index in [1.165, 1.54) is 0 Å². The fourth-order valence-electron chi connectivity index (χ4n) is 0. The molecule has 3 nitrogen and oxygen atoms in total. The number of hydrogen-bond acceptors (Lipinski definition) is 3. The molecule has 0 spiro atoms. The van der Waals surface area contributed by atoms with Gasteiger partial charge >= 0.3 is 26.2 Å². The fraction of sp³-hybridized carbons (Fsp3) is 0.667. The van der Waals surface area contributed by atoms with E-state index in [1.54, 1.807) is 0 Å². The van der Waals surface area contributed by atoms with E-state index >= 15 is 0 Å². The molecule has 0 saturated heterocycles. The van der Waals surface area contributed by atoms with Crippen LogP contribution in [0.15, 0.2) is 0 Å². The third kappa shape index (κ3) is 683. The Bertz CT molecular complexity index is 25.7. The second-order valence-electron chi connectivity index (χ2n) is 0.846. The molecule has 0 bridgehead atoms. The molecular weight excluding hydrogens is 102 g/mol. The van der Waals surface area contributed by atoms with E-state index in [0.717, 1.165) is 6.42 Å². The maximum absolute atomic E-state index is 7.17. The van der Waals surface area contributed by atoms with Gasteiger partial charge in [0.15, 0.2) is 0 Å². The van der Waals surface area contributed by atoms with Gasteiger partial charge in [0.2, 0.25) is 0 Å². The van der Waals surface area contributed by atoms with E-state index in [1.807, 2.05) is 6.92 Å². The topological polar surface area (TPSA) is 60.7 Å². The van der Waals surface area contributed by atoms with Crippen molar-refractivity contribution in [3.63, 3.8) is 0 Å².